The molecule has 0 spiro atoms. The van der Waals surface area contributed by atoms with Crippen LogP contribution in [0.3, 0.4) is 0 Å². The number of hydrogen-bond acceptors (Lipinski definition) is 3. The Morgan fingerprint density at radius 3 is 2.88 bits per heavy atom. The molecule has 0 radical (unpaired) electrons. The molecule has 1 N–H and O–H groups in total. The van der Waals surface area contributed by atoms with Crippen LogP contribution in [-0.4, -0.2) is 30.4 Å². The summed E-state index contributed by atoms with van der Waals surface area (Å²) >= 11 is 1.81. The second-order valence-electron chi connectivity index (χ2n) is 6.75. The van der Waals surface area contributed by atoms with Gasteiger partial charge in [-0.05, 0) is 60.9 Å². The third-order valence-corrected chi connectivity index (χ3v) is 5.57. The summed E-state index contributed by atoms with van der Waals surface area (Å²) < 4.78 is 12.9. The highest BCUT2D eigenvalue weighted by atomic mass is 32.1. The molecule has 2 heterocycles. The van der Waals surface area contributed by atoms with Crippen LogP contribution in [0, 0.1) is 11.7 Å². The maximum absolute atomic E-state index is 12.9. The number of piperidine rings is 1. The van der Waals surface area contributed by atoms with Crippen LogP contribution in [0.5, 0.6) is 0 Å². The summed E-state index contributed by atoms with van der Waals surface area (Å²) in [4.78, 5) is 16.0. The van der Waals surface area contributed by atoms with Crippen molar-refractivity contribution < 1.29 is 9.18 Å². The molecule has 2 aromatic rings. The van der Waals surface area contributed by atoms with Crippen LogP contribution in [0.2, 0.25) is 0 Å². The van der Waals surface area contributed by atoms with Gasteiger partial charge in [0.2, 0.25) is 5.91 Å². The van der Waals surface area contributed by atoms with Crippen LogP contribution in [0.15, 0.2) is 41.8 Å². The normalized spacial score (nSPS) is 18.2. The van der Waals surface area contributed by atoms with Gasteiger partial charge in [0.15, 0.2) is 0 Å². The largest absolute Gasteiger partial charge is 0.356 e. The number of carbonyl (C=O) groups is 1. The van der Waals surface area contributed by atoms with Crippen LogP contribution in [0.1, 0.15) is 29.7 Å². The zero-order valence-corrected chi connectivity index (χ0v) is 15.2. The summed E-state index contributed by atoms with van der Waals surface area (Å²) in [7, 11) is 0. The lowest BCUT2D eigenvalue weighted by molar-refractivity contribution is -0.121. The molecule has 0 bridgehead atoms. The van der Waals surface area contributed by atoms with Gasteiger partial charge in [-0.1, -0.05) is 18.2 Å². The number of nitrogens with one attached hydrogen (secondary N) is 1. The van der Waals surface area contributed by atoms with Crippen molar-refractivity contribution in [3.63, 3.8) is 0 Å². The summed E-state index contributed by atoms with van der Waals surface area (Å²) in [5.74, 6) is 0.376. The van der Waals surface area contributed by atoms with Crippen LogP contribution in [0.25, 0.3) is 0 Å². The van der Waals surface area contributed by atoms with E-state index in [0.29, 0.717) is 18.8 Å². The number of nitrogens with zero attached hydrogens (tertiary/aromatic N) is 1. The number of benzene rings is 1. The Morgan fingerprint density at radius 2 is 2.12 bits per heavy atom. The molecule has 1 aromatic carbocycles. The Balaban J connectivity index is 1.37. The standard InChI is InChI=1S/C20H25FN2OS/c21-18-8-5-16(6-9-18)7-10-20(24)22-13-17-3-1-11-23(14-17)15-19-4-2-12-25-19/h2,4-6,8-9,12,17H,1,3,7,10-11,13-15H2,(H,22,24). The number of carbonyl (C=O) groups excluding carboxylic acids is 1. The average molecular weight is 360 g/mol. The Kier molecular flexibility index (Phi) is 6.59. The summed E-state index contributed by atoms with van der Waals surface area (Å²) in [6.07, 6.45) is 3.49. The Labute approximate surface area is 152 Å². The lowest BCUT2D eigenvalue weighted by Crippen LogP contribution is -2.40. The lowest BCUT2D eigenvalue weighted by atomic mass is 9.98. The first-order valence-electron chi connectivity index (χ1n) is 8.95. The molecule has 1 aliphatic rings. The highest BCUT2D eigenvalue weighted by molar-refractivity contribution is 7.09. The molecule has 0 saturated carbocycles. The number of likely N-dealkylation sites (tertiary alicyclic amines) is 1. The molecule has 1 fully saturated rings. The van der Waals surface area contributed by atoms with E-state index in [0.717, 1.165) is 31.7 Å². The SMILES string of the molecule is O=C(CCc1ccc(F)cc1)NCC1CCCN(Cc2cccs2)C1. The minimum atomic E-state index is -0.238. The van der Waals surface area contributed by atoms with Crippen molar-refractivity contribution in [1.82, 2.24) is 10.2 Å². The predicted molar refractivity (Wildman–Crippen MR) is 100 cm³/mol. The Morgan fingerprint density at radius 1 is 1.28 bits per heavy atom. The highest BCUT2D eigenvalue weighted by Gasteiger charge is 2.20. The van der Waals surface area contributed by atoms with Crippen molar-refractivity contribution >= 4 is 17.2 Å². The summed E-state index contributed by atoms with van der Waals surface area (Å²) in [5.41, 5.74) is 0.997. The second-order valence-corrected chi connectivity index (χ2v) is 7.79. The first kappa shape index (κ1) is 18.1. The molecule has 0 aliphatic carbocycles. The molecule has 1 amide bonds. The fourth-order valence-corrected chi connectivity index (χ4v) is 4.09. The van der Waals surface area contributed by atoms with Crippen molar-refractivity contribution in [3.8, 4) is 0 Å². The molecule has 3 rings (SSSR count). The molecule has 134 valence electrons. The van der Waals surface area contributed by atoms with E-state index in [1.54, 1.807) is 23.5 Å². The van der Waals surface area contributed by atoms with Gasteiger partial charge in [0.1, 0.15) is 5.82 Å². The van der Waals surface area contributed by atoms with E-state index in [2.05, 4.69) is 27.7 Å². The smallest absolute Gasteiger partial charge is 0.220 e. The summed E-state index contributed by atoms with van der Waals surface area (Å²) in [6, 6.07) is 10.7. The third kappa shape index (κ3) is 5.94. The first-order valence-corrected chi connectivity index (χ1v) is 9.83. The third-order valence-electron chi connectivity index (χ3n) is 4.70. The predicted octanol–water partition coefficient (Wildman–Crippen LogP) is 3.85. The molecule has 1 aromatic heterocycles. The molecular formula is C20H25FN2OS. The monoisotopic (exact) mass is 360 g/mol. The minimum Gasteiger partial charge on any atom is -0.356 e. The van der Waals surface area contributed by atoms with Gasteiger partial charge in [-0.2, -0.15) is 0 Å². The number of aryl methyl sites for hydroxylation is 1. The number of halogens is 1. The van der Waals surface area contributed by atoms with Crippen molar-refractivity contribution in [2.75, 3.05) is 19.6 Å². The number of thiophene rings is 1. The quantitative estimate of drug-likeness (QED) is 0.813. The topological polar surface area (TPSA) is 32.3 Å². The van der Waals surface area contributed by atoms with E-state index in [-0.39, 0.29) is 11.7 Å². The minimum absolute atomic E-state index is 0.0831. The molecule has 5 heteroatoms. The zero-order chi connectivity index (χ0) is 17.5. The van der Waals surface area contributed by atoms with Gasteiger partial charge in [0.05, 0.1) is 0 Å². The first-order chi connectivity index (χ1) is 12.2. The molecular weight excluding hydrogens is 335 g/mol. The van der Waals surface area contributed by atoms with Gasteiger partial charge >= 0.3 is 0 Å². The van der Waals surface area contributed by atoms with Gasteiger partial charge in [-0.3, -0.25) is 9.69 Å². The van der Waals surface area contributed by atoms with E-state index in [9.17, 15) is 9.18 Å². The van der Waals surface area contributed by atoms with E-state index in [4.69, 9.17) is 0 Å². The highest BCUT2D eigenvalue weighted by Crippen LogP contribution is 2.20. The average Bonchev–Trinajstić information content (AvgIpc) is 3.13. The van der Waals surface area contributed by atoms with Gasteiger partial charge in [-0.25, -0.2) is 4.39 Å². The van der Waals surface area contributed by atoms with E-state index >= 15 is 0 Å². The lowest BCUT2D eigenvalue weighted by Gasteiger charge is -2.32. The molecule has 3 nitrogen and oxygen atoms in total. The maximum atomic E-state index is 12.9. The van der Waals surface area contributed by atoms with Crippen molar-refractivity contribution in [3.05, 3.63) is 58.0 Å². The van der Waals surface area contributed by atoms with Crippen molar-refractivity contribution in [1.29, 1.82) is 0 Å². The fourth-order valence-electron chi connectivity index (χ4n) is 3.34. The van der Waals surface area contributed by atoms with E-state index in [1.807, 2.05) is 0 Å². The molecule has 1 unspecified atom stereocenters. The number of hydrogen-bond donors (Lipinski definition) is 1. The van der Waals surface area contributed by atoms with Crippen LogP contribution >= 0.6 is 11.3 Å². The molecule has 1 aliphatic heterocycles. The van der Waals surface area contributed by atoms with Crippen LogP contribution < -0.4 is 5.32 Å². The Bertz CT molecular complexity index is 657. The van der Waals surface area contributed by atoms with Crippen LogP contribution in [0.4, 0.5) is 4.39 Å². The number of rotatable bonds is 7. The second kappa shape index (κ2) is 9.11. The van der Waals surface area contributed by atoms with E-state index in [1.165, 1.54) is 29.9 Å². The van der Waals surface area contributed by atoms with Gasteiger partial charge < -0.3 is 5.32 Å². The van der Waals surface area contributed by atoms with E-state index < -0.39 is 0 Å². The molecule has 1 atom stereocenters. The Hall–Kier alpha value is -1.72. The fraction of sp³-hybridized carbons (Fsp3) is 0.450. The van der Waals surface area contributed by atoms with Gasteiger partial charge in [-0.15, -0.1) is 11.3 Å². The zero-order valence-electron chi connectivity index (χ0n) is 14.4. The summed E-state index contributed by atoms with van der Waals surface area (Å²) in [6.45, 7) is 3.97. The van der Waals surface area contributed by atoms with Crippen molar-refractivity contribution in [2.45, 2.75) is 32.2 Å². The van der Waals surface area contributed by atoms with Gasteiger partial charge in [0, 0.05) is 30.9 Å². The number of amides is 1. The van der Waals surface area contributed by atoms with Crippen LogP contribution in [-0.2, 0) is 17.8 Å². The van der Waals surface area contributed by atoms with Crippen molar-refractivity contribution in [2.24, 2.45) is 5.92 Å². The molecule has 1 saturated heterocycles. The summed E-state index contributed by atoms with van der Waals surface area (Å²) in [5, 5.41) is 5.20. The maximum Gasteiger partial charge on any atom is 0.220 e. The van der Waals surface area contributed by atoms with Gasteiger partial charge in [0.25, 0.3) is 0 Å². The molecule has 25 heavy (non-hydrogen) atoms.